The third-order valence-electron chi connectivity index (χ3n) is 3.84. The number of hydrogen-bond donors (Lipinski definition) is 0. The number of hydrogen-bond acceptors (Lipinski definition) is 3. The summed E-state index contributed by atoms with van der Waals surface area (Å²) in [6.07, 6.45) is 0. The summed E-state index contributed by atoms with van der Waals surface area (Å²) in [4.78, 5) is 15.4. The number of carbonyl (C=O) groups excluding carboxylic acids is 1. The molecule has 0 atom stereocenters. The number of methoxy groups -OCH3 is 1. The van der Waals surface area contributed by atoms with Crippen molar-refractivity contribution in [2.24, 2.45) is 0 Å². The predicted molar refractivity (Wildman–Crippen MR) is 98.5 cm³/mol. The third kappa shape index (κ3) is 3.49. The Labute approximate surface area is 146 Å². The van der Waals surface area contributed by atoms with Crippen LogP contribution in [-0.2, 0) is 6.54 Å². The van der Waals surface area contributed by atoms with E-state index in [0.717, 1.165) is 27.3 Å². The maximum Gasteiger partial charge on any atom is 0.264 e. The molecule has 0 bridgehead atoms. The molecule has 1 aromatic heterocycles. The lowest BCUT2D eigenvalue weighted by molar-refractivity contribution is 0.0790. The Morgan fingerprint density at radius 1 is 1.08 bits per heavy atom. The number of rotatable bonds is 5. The fraction of sp³-hybridized carbons (Fsp3) is 0.150. The SMILES string of the molecule is COc1cccc(CN(C)C(=O)c2sccc2-c2ccccc2)c1. The second-order valence-electron chi connectivity index (χ2n) is 5.54. The van der Waals surface area contributed by atoms with Crippen LogP contribution in [0.1, 0.15) is 15.2 Å². The standard InChI is InChI=1S/C20H19NO2S/c1-21(14-15-7-6-10-17(13-15)23-2)20(22)19-18(11-12-24-19)16-8-4-3-5-9-16/h3-13H,14H2,1-2H3. The molecule has 0 aliphatic carbocycles. The molecule has 3 nitrogen and oxygen atoms in total. The van der Waals surface area contributed by atoms with Crippen LogP contribution in [0, 0.1) is 0 Å². The molecule has 0 radical (unpaired) electrons. The van der Waals surface area contributed by atoms with E-state index in [0.29, 0.717) is 6.54 Å². The first kappa shape index (κ1) is 16.3. The van der Waals surface area contributed by atoms with Gasteiger partial charge in [-0.3, -0.25) is 4.79 Å². The summed E-state index contributed by atoms with van der Waals surface area (Å²) in [6, 6.07) is 19.8. The van der Waals surface area contributed by atoms with Crippen molar-refractivity contribution in [3.63, 3.8) is 0 Å². The molecule has 0 N–H and O–H groups in total. The minimum absolute atomic E-state index is 0.0340. The molecule has 0 aliphatic rings. The van der Waals surface area contributed by atoms with Gasteiger partial charge in [-0.1, -0.05) is 42.5 Å². The van der Waals surface area contributed by atoms with E-state index in [2.05, 4.69) is 0 Å². The number of carbonyl (C=O) groups is 1. The van der Waals surface area contributed by atoms with Gasteiger partial charge in [0.25, 0.3) is 5.91 Å². The van der Waals surface area contributed by atoms with Crippen molar-refractivity contribution in [3.05, 3.63) is 76.5 Å². The summed E-state index contributed by atoms with van der Waals surface area (Å²) < 4.78 is 5.24. The average Bonchev–Trinajstić information content (AvgIpc) is 3.11. The summed E-state index contributed by atoms with van der Waals surface area (Å²) >= 11 is 1.48. The Hall–Kier alpha value is -2.59. The number of amides is 1. The van der Waals surface area contributed by atoms with E-state index in [4.69, 9.17) is 4.74 Å². The average molecular weight is 337 g/mol. The molecular weight excluding hydrogens is 318 g/mol. The first-order valence-corrected chi connectivity index (χ1v) is 8.58. The van der Waals surface area contributed by atoms with Gasteiger partial charge in [0.05, 0.1) is 12.0 Å². The molecule has 0 aliphatic heterocycles. The lowest BCUT2D eigenvalue weighted by Crippen LogP contribution is -2.25. The topological polar surface area (TPSA) is 29.5 Å². The van der Waals surface area contributed by atoms with Crippen molar-refractivity contribution in [1.29, 1.82) is 0 Å². The van der Waals surface area contributed by atoms with Gasteiger partial charge < -0.3 is 9.64 Å². The van der Waals surface area contributed by atoms with E-state index < -0.39 is 0 Å². The molecule has 1 heterocycles. The predicted octanol–water partition coefficient (Wildman–Crippen LogP) is 4.70. The molecule has 2 aromatic carbocycles. The number of ether oxygens (including phenoxy) is 1. The summed E-state index contributed by atoms with van der Waals surface area (Å²) in [5, 5.41) is 1.97. The van der Waals surface area contributed by atoms with Gasteiger partial charge in [-0.15, -0.1) is 11.3 Å². The minimum Gasteiger partial charge on any atom is -0.497 e. The van der Waals surface area contributed by atoms with Gasteiger partial charge in [0.15, 0.2) is 0 Å². The molecule has 1 amide bonds. The monoisotopic (exact) mass is 337 g/mol. The molecule has 3 aromatic rings. The Morgan fingerprint density at radius 3 is 2.62 bits per heavy atom. The van der Waals surface area contributed by atoms with Gasteiger partial charge in [0.2, 0.25) is 0 Å². The molecule has 0 fully saturated rings. The van der Waals surface area contributed by atoms with Crippen molar-refractivity contribution in [2.75, 3.05) is 14.2 Å². The summed E-state index contributed by atoms with van der Waals surface area (Å²) in [5.41, 5.74) is 3.10. The van der Waals surface area contributed by atoms with Gasteiger partial charge in [-0.25, -0.2) is 0 Å². The summed E-state index contributed by atoms with van der Waals surface area (Å²) in [5.74, 6) is 0.834. The van der Waals surface area contributed by atoms with Crippen LogP contribution in [-0.4, -0.2) is 25.0 Å². The fourth-order valence-electron chi connectivity index (χ4n) is 2.61. The lowest BCUT2D eigenvalue weighted by atomic mass is 10.1. The highest BCUT2D eigenvalue weighted by atomic mass is 32.1. The van der Waals surface area contributed by atoms with Crippen molar-refractivity contribution >= 4 is 17.2 Å². The van der Waals surface area contributed by atoms with Crippen molar-refractivity contribution < 1.29 is 9.53 Å². The second kappa shape index (κ2) is 7.32. The fourth-order valence-corrected chi connectivity index (χ4v) is 3.52. The van der Waals surface area contributed by atoms with Crippen LogP contribution in [0.3, 0.4) is 0 Å². The maximum atomic E-state index is 12.9. The highest BCUT2D eigenvalue weighted by Crippen LogP contribution is 2.29. The molecule has 3 rings (SSSR count). The van der Waals surface area contributed by atoms with Gasteiger partial charge >= 0.3 is 0 Å². The van der Waals surface area contributed by atoms with Gasteiger partial charge in [-0.2, -0.15) is 0 Å². The first-order chi connectivity index (χ1) is 11.7. The maximum absolute atomic E-state index is 12.9. The zero-order chi connectivity index (χ0) is 16.9. The molecule has 122 valence electrons. The zero-order valence-electron chi connectivity index (χ0n) is 13.7. The minimum atomic E-state index is 0.0340. The van der Waals surface area contributed by atoms with Crippen LogP contribution in [0.5, 0.6) is 5.75 Å². The highest BCUT2D eigenvalue weighted by molar-refractivity contribution is 7.12. The summed E-state index contributed by atoms with van der Waals surface area (Å²) in [6.45, 7) is 0.544. The van der Waals surface area contributed by atoms with Crippen LogP contribution in [0.25, 0.3) is 11.1 Å². The third-order valence-corrected chi connectivity index (χ3v) is 4.75. The molecule has 0 spiro atoms. The Morgan fingerprint density at radius 2 is 1.88 bits per heavy atom. The van der Waals surface area contributed by atoms with E-state index in [9.17, 15) is 4.79 Å². The number of nitrogens with zero attached hydrogens (tertiary/aromatic N) is 1. The molecule has 4 heteroatoms. The molecule has 0 saturated heterocycles. The Kier molecular flexibility index (Phi) is 4.96. The first-order valence-electron chi connectivity index (χ1n) is 7.70. The number of benzene rings is 2. The summed E-state index contributed by atoms with van der Waals surface area (Å²) in [7, 11) is 3.47. The Balaban J connectivity index is 1.81. The Bertz CT molecular complexity index is 826. The lowest BCUT2D eigenvalue weighted by Gasteiger charge is -2.18. The zero-order valence-corrected chi connectivity index (χ0v) is 14.5. The van der Waals surface area contributed by atoms with Crippen LogP contribution >= 0.6 is 11.3 Å². The number of thiophene rings is 1. The van der Waals surface area contributed by atoms with E-state index in [1.807, 2.05) is 73.1 Å². The van der Waals surface area contributed by atoms with Crippen LogP contribution in [0.2, 0.25) is 0 Å². The molecular formula is C20H19NO2S. The van der Waals surface area contributed by atoms with E-state index in [1.165, 1.54) is 11.3 Å². The van der Waals surface area contributed by atoms with E-state index in [1.54, 1.807) is 12.0 Å². The van der Waals surface area contributed by atoms with Crippen molar-refractivity contribution in [1.82, 2.24) is 4.90 Å². The van der Waals surface area contributed by atoms with Crippen LogP contribution in [0.15, 0.2) is 66.0 Å². The van der Waals surface area contributed by atoms with E-state index >= 15 is 0 Å². The molecule has 0 saturated carbocycles. The normalized spacial score (nSPS) is 10.4. The highest BCUT2D eigenvalue weighted by Gasteiger charge is 2.18. The van der Waals surface area contributed by atoms with Crippen molar-refractivity contribution in [2.45, 2.75) is 6.54 Å². The van der Waals surface area contributed by atoms with Gasteiger partial charge in [0, 0.05) is 19.2 Å². The molecule has 24 heavy (non-hydrogen) atoms. The quantitative estimate of drug-likeness (QED) is 0.675. The molecule has 0 unspecified atom stereocenters. The van der Waals surface area contributed by atoms with E-state index in [-0.39, 0.29) is 5.91 Å². The van der Waals surface area contributed by atoms with Gasteiger partial charge in [-0.05, 0) is 34.7 Å². The van der Waals surface area contributed by atoms with Crippen LogP contribution < -0.4 is 4.74 Å². The van der Waals surface area contributed by atoms with Crippen LogP contribution in [0.4, 0.5) is 0 Å². The van der Waals surface area contributed by atoms with Gasteiger partial charge in [0.1, 0.15) is 5.75 Å². The smallest absolute Gasteiger partial charge is 0.264 e. The largest absolute Gasteiger partial charge is 0.497 e. The van der Waals surface area contributed by atoms with Crippen molar-refractivity contribution in [3.8, 4) is 16.9 Å². The second-order valence-corrected chi connectivity index (χ2v) is 6.46.